The molecule has 0 bridgehead atoms. The second-order valence-corrected chi connectivity index (χ2v) is 8.19. The SMILES string of the molecule is C.Cc1c(C)c(C)c2c(c1C)OC(C)(C)C2(C)C(C)(C)C. The summed E-state index contributed by atoms with van der Waals surface area (Å²) in [5, 5.41) is 0. The molecule has 2 rings (SSSR count). The van der Waals surface area contributed by atoms with Crippen molar-refractivity contribution >= 4 is 0 Å². The van der Waals surface area contributed by atoms with Crippen molar-refractivity contribution in [2.45, 2.75) is 87.7 Å². The number of hydrogen-bond donors (Lipinski definition) is 0. The standard InChI is InChI=1S/C19H30O.CH4/c1-11-12(2)14(4)16-15(13(11)3)19(10,17(5,6)7)18(8,9)20-16;/h1-10H3;1H4. The third kappa shape index (κ3) is 2.04. The molecule has 1 unspecified atom stereocenters. The first-order valence-corrected chi connectivity index (χ1v) is 7.66. The van der Waals surface area contributed by atoms with Crippen LogP contribution in [0.3, 0.4) is 0 Å². The van der Waals surface area contributed by atoms with Crippen molar-refractivity contribution < 1.29 is 4.74 Å². The lowest BCUT2D eigenvalue weighted by Gasteiger charge is -2.47. The fourth-order valence-electron chi connectivity index (χ4n) is 3.94. The van der Waals surface area contributed by atoms with Gasteiger partial charge in [-0.15, -0.1) is 0 Å². The van der Waals surface area contributed by atoms with E-state index in [1.807, 2.05) is 0 Å². The van der Waals surface area contributed by atoms with Gasteiger partial charge in [-0.2, -0.15) is 0 Å². The van der Waals surface area contributed by atoms with E-state index in [1.165, 1.54) is 27.8 Å². The minimum atomic E-state index is -0.191. The summed E-state index contributed by atoms with van der Waals surface area (Å²) in [4.78, 5) is 0. The van der Waals surface area contributed by atoms with Crippen LogP contribution in [0.2, 0.25) is 0 Å². The predicted molar refractivity (Wildman–Crippen MR) is 93.6 cm³/mol. The molecule has 1 aromatic rings. The van der Waals surface area contributed by atoms with E-state index in [9.17, 15) is 0 Å². The van der Waals surface area contributed by atoms with Crippen molar-refractivity contribution in [1.82, 2.24) is 0 Å². The van der Waals surface area contributed by atoms with Crippen molar-refractivity contribution in [3.63, 3.8) is 0 Å². The number of fused-ring (bicyclic) bond motifs is 1. The molecular formula is C20H34O. The molecule has 21 heavy (non-hydrogen) atoms. The molecule has 0 radical (unpaired) electrons. The molecule has 0 aliphatic carbocycles. The van der Waals surface area contributed by atoms with Gasteiger partial charge in [0.25, 0.3) is 0 Å². The van der Waals surface area contributed by atoms with E-state index in [2.05, 4.69) is 69.2 Å². The molecule has 1 heterocycles. The second-order valence-electron chi connectivity index (χ2n) is 8.19. The lowest BCUT2D eigenvalue weighted by molar-refractivity contribution is 0.000463. The van der Waals surface area contributed by atoms with Gasteiger partial charge in [-0.05, 0) is 69.2 Å². The average molecular weight is 290 g/mol. The van der Waals surface area contributed by atoms with Gasteiger partial charge in [0, 0.05) is 11.0 Å². The summed E-state index contributed by atoms with van der Waals surface area (Å²) in [5.74, 6) is 1.13. The molecule has 1 aromatic carbocycles. The van der Waals surface area contributed by atoms with E-state index in [-0.39, 0.29) is 23.9 Å². The number of benzene rings is 1. The van der Waals surface area contributed by atoms with Crippen LogP contribution in [-0.2, 0) is 5.41 Å². The highest BCUT2D eigenvalue weighted by atomic mass is 16.5. The van der Waals surface area contributed by atoms with E-state index < -0.39 is 0 Å². The Kier molecular flexibility index (Phi) is 4.10. The van der Waals surface area contributed by atoms with E-state index in [0.29, 0.717) is 0 Å². The first-order valence-electron chi connectivity index (χ1n) is 7.66. The number of ether oxygens (including phenoxy) is 1. The van der Waals surface area contributed by atoms with Crippen LogP contribution in [0.5, 0.6) is 5.75 Å². The monoisotopic (exact) mass is 290 g/mol. The lowest BCUT2D eigenvalue weighted by atomic mass is 9.56. The van der Waals surface area contributed by atoms with Crippen LogP contribution in [0.4, 0.5) is 0 Å². The summed E-state index contributed by atoms with van der Waals surface area (Å²) in [6, 6.07) is 0. The molecule has 0 saturated heterocycles. The Labute approximate surface area is 132 Å². The van der Waals surface area contributed by atoms with Crippen LogP contribution in [0, 0.1) is 33.1 Å². The van der Waals surface area contributed by atoms with Crippen molar-refractivity contribution in [2.24, 2.45) is 5.41 Å². The maximum absolute atomic E-state index is 6.48. The number of rotatable bonds is 0. The van der Waals surface area contributed by atoms with E-state index in [0.717, 1.165) is 5.75 Å². The molecule has 1 aliphatic heterocycles. The first kappa shape index (κ1) is 18.1. The molecule has 0 spiro atoms. The molecule has 1 heteroatoms. The van der Waals surface area contributed by atoms with E-state index >= 15 is 0 Å². The smallest absolute Gasteiger partial charge is 0.127 e. The van der Waals surface area contributed by atoms with Gasteiger partial charge in [0.05, 0.1) is 0 Å². The highest BCUT2D eigenvalue weighted by Crippen LogP contribution is 2.60. The summed E-state index contributed by atoms with van der Waals surface area (Å²) >= 11 is 0. The van der Waals surface area contributed by atoms with Gasteiger partial charge in [-0.1, -0.05) is 35.1 Å². The van der Waals surface area contributed by atoms with Crippen molar-refractivity contribution in [3.8, 4) is 5.75 Å². The quantitative estimate of drug-likeness (QED) is 0.566. The summed E-state index contributed by atoms with van der Waals surface area (Å²) in [5.41, 5.74) is 6.88. The van der Waals surface area contributed by atoms with Gasteiger partial charge in [0.1, 0.15) is 11.4 Å². The van der Waals surface area contributed by atoms with Gasteiger partial charge in [0.15, 0.2) is 0 Å². The Bertz CT molecular complexity index is 573. The Morgan fingerprint density at radius 1 is 0.762 bits per heavy atom. The third-order valence-electron chi connectivity index (χ3n) is 6.19. The molecule has 0 saturated carbocycles. The van der Waals surface area contributed by atoms with Crippen molar-refractivity contribution in [1.29, 1.82) is 0 Å². The molecule has 1 aliphatic rings. The lowest BCUT2D eigenvalue weighted by Crippen LogP contribution is -2.53. The van der Waals surface area contributed by atoms with Gasteiger partial charge in [0.2, 0.25) is 0 Å². The molecule has 0 fully saturated rings. The van der Waals surface area contributed by atoms with Crippen molar-refractivity contribution in [2.75, 3.05) is 0 Å². The topological polar surface area (TPSA) is 9.23 Å². The first-order chi connectivity index (χ1) is 8.86. The Morgan fingerprint density at radius 2 is 1.19 bits per heavy atom. The fraction of sp³-hybridized carbons (Fsp3) is 0.700. The normalized spacial score (nSPS) is 23.3. The molecule has 1 nitrogen and oxygen atoms in total. The van der Waals surface area contributed by atoms with Gasteiger partial charge >= 0.3 is 0 Å². The average Bonchev–Trinajstić information content (AvgIpc) is 2.53. The number of hydrogen-bond acceptors (Lipinski definition) is 1. The Morgan fingerprint density at radius 3 is 1.62 bits per heavy atom. The van der Waals surface area contributed by atoms with Crippen molar-refractivity contribution in [3.05, 3.63) is 27.8 Å². The highest BCUT2D eigenvalue weighted by Gasteiger charge is 2.58. The second kappa shape index (κ2) is 4.76. The summed E-state index contributed by atoms with van der Waals surface area (Å²) in [6.45, 7) is 22.8. The zero-order valence-corrected chi connectivity index (χ0v) is 14.9. The maximum Gasteiger partial charge on any atom is 0.127 e. The maximum atomic E-state index is 6.48. The van der Waals surface area contributed by atoms with E-state index in [4.69, 9.17) is 4.74 Å². The third-order valence-corrected chi connectivity index (χ3v) is 6.19. The highest BCUT2D eigenvalue weighted by molar-refractivity contribution is 5.61. The van der Waals surface area contributed by atoms with Gasteiger partial charge < -0.3 is 4.74 Å². The molecule has 0 aromatic heterocycles. The largest absolute Gasteiger partial charge is 0.486 e. The Hall–Kier alpha value is -0.980. The molecule has 0 N–H and O–H groups in total. The summed E-state index contributed by atoms with van der Waals surface area (Å²) in [7, 11) is 0. The fourth-order valence-corrected chi connectivity index (χ4v) is 3.94. The van der Waals surface area contributed by atoms with Crippen LogP contribution in [0.1, 0.15) is 76.8 Å². The Balaban J connectivity index is 0.00000220. The minimum absolute atomic E-state index is 0. The van der Waals surface area contributed by atoms with E-state index in [1.54, 1.807) is 0 Å². The van der Waals surface area contributed by atoms with Crippen LogP contribution < -0.4 is 4.74 Å². The summed E-state index contributed by atoms with van der Waals surface area (Å²) in [6.07, 6.45) is 0. The zero-order chi connectivity index (χ0) is 15.7. The molecule has 0 amide bonds. The van der Waals surface area contributed by atoms with Gasteiger partial charge in [-0.25, -0.2) is 0 Å². The predicted octanol–water partition coefficient (Wildman–Crippen LogP) is 6.03. The van der Waals surface area contributed by atoms with Gasteiger partial charge in [-0.3, -0.25) is 0 Å². The van der Waals surface area contributed by atoms with Crippen LogP contribution in [0.25, 0.3) is 0 Å². The molecule has 1 atom stereocenters. The molecular weight excluding hydrogens is 256 g/mol. The van der Waals surface area contributed by atoms with Crippen LogP contribution in [-0.4, -0.2) is 5.60 Å². The van der Waals surface area contributed by atoms with Crippen LogP contribution >= 0.6 is 0 Å². The zero-order valence-electron chi connectivity index (χ0n) is 14.9. The van der Waals surface area contributed by atoms with Crippen LogP contribution in [0.15, 0.2) is 0 Å². The summed E-state index contributed by atoms with van der Waals surface area (Å²) < 4.78 is 6.48. The molecule has 120 valence electrons. The minimum Gasteiger partial charge on any atom is -0.486 e.